The largest absolute Gasteiger partial charge is 0.327 e. The van der Waals surface area contributed by atoms with Crippen LogP contribution in [0.5, 0.6) is 0 Å². The van der Waals surface area contributed by atoms with Gasteiger partial charge in [0.1, 0.15) is 0 Å². The Morgan fingerprint density at radius 2 is 1.68 bits per heavy atom. The summed E-state index contributed by atoms with van der Waals surface area (Å²) in [6, 6.07) is 13.9. The summed E-state index contributed by atoms with van der Waals surface area (Å²) in [4.78, 5) is 2.56. The molecule has 2 nitrogen and oxygen atoms in total. The second kappa shape index (κ2) is 7.72. The highest BCUT2D eigenvalue weighted by atomic mass is 15.1. The van der Waals surface area contributed by atoms with E-state index in [2.05, 4.69) is 69.0 Å². The van der Waals surface area contributed by atoms with E-state index in [-0.39, 0.29) is 6.04 Å². The lowest BCUT2D eigenvalue weighted by Gasteiger charge is -2.37. The number of piperidine rings is 1. The minimum atomic E-state index is 0.287. The van der Waals surface area contributed by atoms with Gasteiger partial charge in [0.25, 0.3) is 0 Å². The average molecular weight is 337 g/mol. The SMILES string of the molecule is Cc1ccc(C)c(CN2CC(N)CC(Cc3ccc(C)c(C)c3)C2)c1. The fraction of sp³-hybridized carbons (Fsp3) is 0.478. The average Bonchev–Trinajstić information content (AvgIpc) is 2.54. The van der Waals surface area contributed by atoms with E-state index in [1.165, 1.54) is 33.4 Å². The molecule has 2 aromatic rings. The molecule has 2 heteroatoms. The third-order valence-electron chi connectivity index (χ3n) is 5.64. The zero-order valence-electron chi connectivity index (χ0n) is 16.2. The fourth-order valence-corrected chi connectivity index (χ4v) is 4.10. The van der Waals surface area contributed by atoms with Crippen LogP contribution in [0.25, 0.3) is 0 Å². The van der Waals surface area contributed by atoms with Gasteiger partial charge in [-0.1, -0.05) is 42.0 Å². The van der Waals surface area contributed by atoms with Crippen molar-refractivity contribution in [1.29, 1.82) is 0 Å². The van der Waals surface area contributed by atoms with Crippen LogP contribution >= 0.6 is 0 Å². The van der Waals surface area contributed by atoms with Crippen LogP contribution in [0.2, 0.25) is 0 Å². The van der Waals surface area contributed by atoms with E-state index >= 15 is 0 Å². The molecule has 0 aliphatic carbocycles. The number of rotatable bonds is 4. The first-order valence-corrected chi connectivity index (χ1v) is 9.51. The lowest BCUT2D eigenvalue weighted by molar-refractivity contribution is 0.149. The lowest BCUT2D eigenvalue weighted by Crippen LogP contribution is -2.47. The molecule has 0 radical (unpaired) electrons. The molecule has 1 aliphatic heterocycles. The van der Waals surface area contributed by atoms with Gasteiger partial charge in [-0.25, -0.2) is 0 Å². The molecule has 0 bridgehead atoms. The molecule has 0 saturated carbocycles. The molecule has 134 valence electrons. The van der Waals surface area contributed by atoms with Crippen LogP contribution in [-0.2, 0) is 13.0 Å². The van der Waals surface area contributed by atoms with E-state index in [0.717, 1.165) is 32.5 Å². The second-order valence-electron chi connectivity index (χ2n) is 8.11. The van der Waals surface area contributed by atoms with Gasteiger partial charge in [-0.05, 0) is 74.3 Å². The molecule has 0 amide bonds. The molecule has 3 rings (SSSR count). The van der Waals surface area contributed by atoms with Crippen LogP contribution in [0.4, 0.5) is 0 Å². The number of benzene rings is 2. The topological polar surface area (TPSA) is 29.3 Å². The second-order valence-corrected chi connectivity index (χ2v) is 8.11. The van der Waals surface area contributed by atoms with Crippen molar-refractivity contribution in [2.24, 2.45) is 11.7 Å². The van der Waals surface area contributed by atoms with E-state index in [9.17, 15) is 0 Å². The normalized spacial score (nSPS) is 21.5. The molecule has 2 atom stereocenters. The number of nitrogens with two attached hydrogens (primary N) is 1. The first-order chi connectivity index (χ1) is 11.9. The molecule has 2 unspecified atom stereocenters. The van der Waals surface area contributed by atoms with Gasteiger partial charge in [0.05, 0.1) is 0 Å². The summed E-state index contributed by atoms with van der Waals surface area (Å²) in [5, 5.41) is 0. The molecule has 0 aromatic heterocycles. The van der Waals surface area contributed by atoms with E-state index in [0.29, 0.717) is 5.92 Å². The maximum atomic E-state index is 6.40. The summed E-state index contributed by atoms with van der Waals surface area (Å²) in [6.45, 7) is 12.0. The van der Waals surface area contributed by atoms with Gasteiger partial charge in [0, 0.05) is 25.7 Å². The Kier molecular flexibility index (Phi) is 5.61. The summed E-state index contributed by atoms with van der Waals surface area (Å²) in [6.07, 6.45) is 2.27. The highest BCUT2D eigenvalue weighted by Crippen LogP contribution is 2.24. The molecular formula is C23H32N2. The van der Waals surface area contributed by atoms with Crippen LogP contribution in [0, 0.1) is 33.6 Å². The standard InChI is InChI=1S/C23H32N2/c1-16-5-6-18(3)22(9-16)14-25-13-21(12-23(24)15-25)11-20-8-7-17(2)19(4)10-20/h5-10,21,23H,11-15,24H2,1-4H3. The maximum Gasteiger partial charge on any atom is 0.0237 e. The highest BCUT2D eigenvalue weighted by Gasteiger charge is 2.25. The predicted octanol–water partition coefficient (Wildman–Crippen LogP) is 4.31. The van der Waals surface area contributed by atoms with Crippen LogP contribution < -0.4 is 5.73 Å². The third kappa shape index (κ3) is 4.71. The number of aryl methyl sites for hydroxylation is 4. The molecular weight excluding hydrogens is 304 g/mol. The van der Waals surface area contributed by atoms with Crippen LogP contribution in [-0.4, -0.2) is 24.0 Å². The molecule has 1 saturated heterocycles. The summed E-state index contributed by atoms with van der Waals surface area (Å²) < 4.78 is 0. The van der Waals surface area contributed by atoms with Crippen molar-refractivity contribution in [3.8, 4) is 0 Å². The maximum absolute atomic E-state index is 6.40. The Hall–Kier alpha value is -1.64. The van der Waals surface area contributed by atoms with E-state index in [1.807, 2.05) is 0 Å². The van der Waals surface area contributed by atoms with Crippen LogP contribution in [0.1, 0.15) is 39.8 Å². The number of nitrogens with zero attached hydrogens (tertiary/aromatic N) is 1. The Morgan fingerprint density at radius 1 is 0.920 bits per heavy atom. The van der Waals surface area contributed by atoms with Crippen molar-refractivity contribution in [2.75, 3.05) is 13.1 Å². The van der Waals surface area contributed by atoms with Gasteiger partial charge >= 0.3 is 0 Å². The Bertz CT molecular complexity index is 735. The summed E-state index contributed by atoms with van der Waals surface area (Å²) in [5.74, 6) is 0.649. The van der Waals surface area contributed by atoms with Crippen LogP contribution in [0.15, 0.2) is 36.4 Å². The van der Waals surface area contributed by atoms with Gasteiger partial charge in [-0.3, -0.25) is 4.90 Å². The van der Waals surface area contributed by atoms with Gasteiger partial charge in [0.15, 0.2) is 0 Å². The van der Waals surface area contributed by atoms with Gasteiger partial charge in [-0.15, -0.1) is 0 Å². The predicted molar refractivity (Wildman–Crippen MR) is 107 cm³/mol. The van der Waals surface area contributed by atoms with Crippen molar-refractivity contribution in [3.63, 3.8) is 0 Å². The minimum absolute atomic E-state index is 0.287. The quantitative estimate of drug-likeness (QED) is 0.901. The van der Waals surface area contributed by atoms with Crippen molar-refractivity contribution in [1.82, 2.24) is 4.90 Å². The van der Waals surface area contributed by atoms with Crippen molar-refractivity contribution < 1.29 is 0 Å². The number of likely N-dealkylation sites (tertiary alicyclic amines) is 1. The molecule has 1 fully saturated rings. The molecule has 1 aliphatic rings. The van der Waals surface area contributed by atoms with E-state index in [1.54, 1.807) is 0 Å². The highest BCUT2D eigenvalue weighted by molar-refractivity contribution is 5.31. The zero-order valence-corrected chi connectivity index (χ0v) is 16.2. The third-order valence-corrected chi connectivity index (χ3v) is 5.64. The van der Waals surface area contributed by atoms with Crippen molar-refractivity contribution >= 4 is 0 Å². The van der Waals surface area contributed by atoms with Crippen molar-refractivity contribution in [2.45, 2.75) is 53.1 Å². The van der Waals surface area contributed by atoms with Gasteiger partial charge in [0.2, 0.25) is 0 Å². The Labute approximate surface area is 153 Å². The van der Waals surface area contributed by atoms with E-state index in [4.69, 9.17) is 5.73 Å². The first kappa shape index (κ1) is 18.2. The minimum Gasteiger partial charge on any atom is -0.327 e. The van der Waals surface area contributed by atoms with E-state index < -0.39 is 0 Å². The Balaban J connectivity index is 1.68. The Morgan fingerprint density at radius 3 is 2.44 bits per heavy atom. The summed E-state index contributed by atoms with van der Waals surface area (Å²) in [5.41, 5.74) is 14.8. The molecule has 25 heavy (non-hydrogen) atoms. The number of hydrogen-bond acceptors (Lipinski definition) is 2. The molecule has 1 heterocycles. The van der Waals surface area contributed by atoms with Gasteiger partial charge in [-0.2, -0.15) is 0 Å². The number of hydrogen-bond donors (Lipinski definition) is 1. The van der Waals surface area contributed by atoms with Gasteiger partial charge < -0.3 is 5.73 Å². The molecule has 2 N–H and O–H groups in total. The lowest BCUT2D eigenvalue weighted by atomic mass is 9.88. The fourth-order valence-electron chi connectivity index (χ4n) is 4.10. The molecule has 0 spiro atoms. The smallest absolute Gasteiger partial charge is 0.0237 e. The van der Waals surface area contributed by atoms with Crippen LogP contribution in [0.3, 0.4) is 0 Å². The monoisotopic (exact) mass is 336 g/mol. The summed E-state index contributed by atoms with van der Waals surface area (Å²) in [7, 11) is 0. The van der Waals surface area contributed by atoms with Crippen molar-refractivity contribution in [3.05, 3.63) is 69.8 Å². The zero-order chi connectivity index (χ0) is 18.0. The first-order valence-electron chi connectivity index (χ1n) is 9.51. The molecule has 2 aromatic carbocycles. The summed E-state index contributed by atoms with van der Waals surface area (Å²) >= 11 is 0.